The Bertz CT molecular complexity index is 996. The largest absolute Gasteiger partial charge is 0.497 e. The smallest absolute Gasteiger partial charge is 0.229 e. The molecule has 0 spiro atoms. The maximum absolute atomic E-state index is 13.0. The van der Waals surface area contributed by atoms with Crippen molar-refractivity contribution in [1.82, 2.24) is 4.90 Å². The van der Waals surface area contributed by atoms with Crippen molar-refractivity contribution in [1.29, 1.82) is 5.26 Å². The second kappa shape index (κ2) is 8.72. The molecule has 2 aromatic rings. The van der Waals surface area contributed by atoms with Gasteiger partial charge in [-0.25, -0.2) is 0 Å². The number of thioether (sulfide) groups is 1. The van der Waals surface area contributed by atoms with Crippen LogP contribution in [0.3, 0.4) is 0 Å². The van der Waals surface area contributed by atoms with Crippen LogP contribution in [0.15, 0.2) is 59.1 Å². The van der Waals surface area contributed by atoms with Gasteiger partial charge in [-0.2, -0.15) is 5.26 Å². The van der Waals surface area contributed by atoms with Gasteiger partial charge >= 0.3 is 0 Å². The lowest BCUT2D eigenvalue weighted by Crippen LogP contribution is -2.47. The number of carbonyl (C=O) groups excluding carboxylic acids is 1. The lowest BCUT2D eigenvalue weighted by Gasteiger charge is -2.42. The van der Waals surface area contributed by atoms with Gasteiger partial charge in [0.2, 0.25) is 5.91 Å². The molecule has 1 saturated heterocycles. The van der Waals surface area contributed by atoms with E-state index < -0.39 is 0 Å². The maximum Gasteiger partial charge on any atom is 0.229 e. The first-order valence-corrected chi connectivity index (χ1v) is 10.8. The highest BCUT2D eigenvalue weighted by molar-refractivity contribution is 8.03. The number of ether oxygens (including phenoxy) is 2. The van der Waals surface area contributed by atoms with Gasteiger partial charge in [-0.05, 0) is 48.9 Å². The van der Waals surface area contributed by atoms with Gasteiger partial charge in [0.1, 0.15) is 11.5 Å². The molecule has 2 heterocycles. The van der Waals surface area contributed by atoms with Crippen molar-refractivity contribution >= 4 is 23.4 Å². The average molecular weight is 422 g/mol. The van der Waals surface area contributed by atoms with Gasteiger partial charge in [-0.3, -0.25) is 9.69 Å². The van der Waals surface area contributed by atoms with Gasteiger partial charge in [-0.1, -0.05) is 23.9 Å². The third-order valence-corrected chi connectivity index (χ3v) is 6.48. The van der Waals surface area contributed by atoms with Crippen LogP contribution in [0.4, 0.5) is 5.69 Å². The molecule has 4 rings (SSSR count). The quantitative estimate of drug-likeness (QED) is 0.717. The van der Waals surface area contributed by atoms with E-state index in [0.29, 0.717) is 24.7 Å². The van der Waals surface area contributed by atoms with Gasteiger partial charge < -0.3 is 14.4 Å². The number of rotatable bonds is 5. The number of benzene rings is 2. The van der Waals surface area contributed by atoms with E-state index in [0.717, 1.165) is 27.8 Å². The van der Waals surface area contributed by atoms with E-state index in [-0.39, 0.29) is 18.2 Å². The molecule has 6 nitrogen and oxygen atoms in total. The monoisotopic (exact) mass is 421 g/mol. The van der Waals surface area contributed by atoms with Crippen LogP contribution in [0, 0.1) is 11.3 Å². The SMILES string of the molecule is CCOc1ccc(N2CSC3=C(C#N)C(c4ccc(OC)cc4)CC(=O)N3C2)cc1. The van der Waals surface area contributed by atoms with Crippen molar-refractivity contribution in [3.63, 3.8) is 0 Å². The van der Waals surface area contributed by atoms with Crippen molar-refractivity contribution in [2.75, 3.05) is 31.2 Å². The summed E-state index contributed by atoms with van der Waals surface area (Å²) in [6.07, 6.45) is 0.288. The highest BCUT2D eigenvalue weighted by Crippen LogP contribution is 2.43. The first-order chi connectivity index (χ1) is 14.6. The molecule has 0 N–H and O–H groups in total. The summed E-state index contributed by atoms with van der Waals surface area (Å²) in [6, 6.07) is 17.9. The van der Waals surface area contributed by atoms with E-state index in [9.17, 15) is 10.1 Å². The molecule has 0 saturated carbocycles. The van der Waals surface area contributed by atoms with Crippen molar-refractivity contribution in [2.45, 2.75) is 19.3 Å². The fraction of sp³-hybridized carbons (Fsp3) is 0.304. The number of fused-ring (bicyclic) bond motifs is 1. The molecule has 154 valence electrons. The molecule has 0 aliphatic carbocycles. The Morgan fingerprint density at radius 3 is 2.47 bits per heavy atom. The van der Waals surface area contributed by atoms with E-state index in [1.54, 1.807) is 12.0 Å². The molecule has 30 heavy (non-hydrogen) atoms. The Morgan fingerprint density at radius 1 is 1.13 bits per heavy atom. The summed E-state index contributed by atoms with van der Waals surface area (Å²) in [6.45, 7) is 3.02. The minimum Gasteiger partial charge on any atom is -0.497 e. The van der Waals surface area contributed by atoms with E-state index in [2.05, 4.69) is 11.0 Å². The first-order valence-electron chi connectivity index (χ1n) is 9.83. The van der Waals surface area contributed by atoms with Gasteiger partial charge in [0.15, 0.2) is 0 Å². The summed E-state index contributed by atoms with van der Waals surface area (Å²) >= 11 is 1.54. The van der Waals surface area contributed by atoms with Gasteiger partial charge in [-0.15, -0.1) is 0 Å². The van der Waals surface area contributed by atoms with Crippen molar-refractivity contribution in [2.24, 2.45) is 0 Å². The van der Waals surface area contributed by atoms with Crippen LogP contribution in [0.2, 0.25) is 0 Å². The first kappa shape index (κ1) is 20.2. The standard InChI is InChI=1S/C23H23N3O3S/c1-3-29-19-10-6-17(7-11-19)25-14-26-22(27)12-20(21(13-24)23(26)30-15-25)16-4-8-18(28-2)9-5-16/h4-11,20H,3,12,14-15H2,1-2H3. The Balaban J connectivity index is 1.58. The molecule has 2 aliphatic rings. The number of allylic oxidation sites excluding steroid dienone is 1. The fourth-order valence-electron chi connectivity index (χ4n) is 3.77. The number of methoxy groups -OCH3 is 1. The average Bonchev–Trinajstić information content (AvgIpc) is 2.79. The predicted octanol–water partition coefficient (Wildman–Crippen LogP) is 4.31. The molecule has 2 aliphatic heterocycles. The Morgan fingerprint density at radius 2 is 1.83 bits per heavy atom. The van der Waals surface area contributed by atoms with Crippen molar-refractivity contribution < 1.29 is 14.3 Å². The molecule has 7 heteroatoms. The minimum atomic E-state index is -0.218. The molecule has 0 aromatic heterocycles. The third kappa shape index (κ3) is 3.83. The summed E-state index contributed by atoms with van der Waals surface area (Å²) in [5.41, 5.74) is 2.65. The Kier molecular flexibility index (Phi) is 5.86. The molecular weight excluding hydrogens is 398 g/mol. The lowest BCUT2D eigenvalue weighted by molar-refractivity contribution is -0.129. The molecule has 0 radical (unpaired) electrons. The summed E-state index contributed by atoms with van der Waals surface area (Å²) in [7, 11) is 1.62. The Hall–Kier alpha value is -3.11. The molecule has 1 atom stereocenters. The second-order valence-corrected chi connectivity index (χ2v) is 8.00. The third-order valence-electron chi connectivity index (χ3n) is 5.32. The molecule has 2 aromatic carbocycles. The number of amides is 1. The zero-order chi connectivity index (χ0) is 21.1. The van der Waals surface area contributed by atoms with Crippen LogP contribution in [-0.4, -0.2) is 37.1 Å². The maximum atomic E-state index is 13.0. The number of hydrogen-bond acceptors (Lipinski definition) is 6. The topological polar surface area (TPSA) is 65.8 Å². The van der Waals surface area contributed by atoms with E-state index >= 15 is 0 Å². The molecule has 0 bridgehead atoms. The van der Waals surface area contributed by atoms with Crippen LogP contribution in [0.25, 0.3) is 0 Å². The number of nitrogens with zero attached hydrogens (tertiary/aromatic N) is 3. The predicted molar refractivity (Wildman–Crippen MR) is 117 cm³/mol. The van der Waals surface area contributed by atoms with Crippen molar-refractivity contribution in [3.05, 3.63) is 64.7 Å². The van der Waals surface area contributed by atoms with Gasteiger partial charge in [0, 0.05) is 18.0 Å². The number of carbonyl (C=O) groups is 1. The fourth-order valence-corrected chi connectivity index (χ4v) is 4.93. The van der Waals surface area contributed by atoms with Crippen LogP contribution in [-0.2, 0) is 4.79 Å². The highest BCUT2D eigenvalue weighted by atomic mass is 32.2. The lowest BCUT2D eigenvalue weighted by atomic mass is 9.86. The second-order valence-electron chi connectivity index (χ2n) is 7.06. The molecule has 1 amide bonds. The Labute approximate surface area is 180 Å². The van der Waals surface area contributed by atoms with E-state index in [4.69, 9.17) is 9.47 Å². The van der Waals surface area contributed by atoms with Crippen LogP contribution in [0.5, 0.6) is 11.5 Å². The summed E-state index contributed by atoms with van der Waals surface area (Å²) in [5, 5.41) is 10.7. The number of hydrogen-bond donors (Lipinski definition) is 0. The highest BCUT2D eigenvalue weighted by Gasteiger charge is 2.38. The zero-order valence-corrected chi connectivity index (χ0v) is 17.8. The normalized spacial score (nSPS) is 18.7. The number of anilines is 1. The van der Waals surface area contributed by atoms with Gasteiger partial charge in [0.25, 0.3) is 0 Å². The molecule has 1 unspecified atom stereocenters. The molecule has 1 fully saturated rings. The van der Waals surface area contributed by atoms with Crippen molar-refractivity contribution in [3.8, 4) is 17.6 Å². The van der Waals surface area contributed by atoms with Gasteiger partial charge in [0.05, 0.1) is 42.9 Å². The van der Waals surface area contributed by atoms with Crippen LogP contribution >= 0.6 is 11.8 Å². The summed E-state index contributed by atoms with van der Waals surface area (Å²) in [4.78, 5) is 16.9. The van der Waals surface area contributed by atoms with Crippen LogP contribution < -0.4 is 14.4 Å². The summed E-state index contributed by atoms with van der Waals surface area (Å²) < 4.78 is 10.7. The minimum absolute atomic E-state index is 0.0351. The van der Waals surface area contributed by atoms with E-state index in [1.807, 2.05) is 55.5 Å². The number of nitriles is 1. The summed E-state index contributed by atoms with van der Waals surface area (Å²) in [5.74, 6) is 2.08. The zero-order valence-electron chi connectivity index (χ0n) is 17.0. The van der Waals surface area contributed by atoms with Crippen LogP contribution in [0.1, 0.15) is 24.8 Å². The molecular formula is C23H23N3O3S. The van der Waals surface area contributed by atoms with E-state index in [1.165, 1.54) is 11.8 Å².